The van der Waals surface area contributed by atoms with Crippen molar-refractivity contribution in [2.24, 2.45) is 11.8 Å². The van der Waals surface area contributed by atoms with E-state index in [1.165, 1.54) is 12.5 Å². The highest BCUT2D eigenvalue weighted by molar-refractivity contribution is 7.89. The van der Waals surface area contributed by atoms with Gasteiger partial charge in [0.1, 0.15) is 6.04 Å². The van der Waals surface area contributed by atoms with Gasteiger partial charge in [-0.2, -0.15) is 4.72 Å². The van der Waals surface area contributed by atoms with Gasteiger partial charge in [0.15, 0.2) is 0 Å². The lowest BCUT2D eigenvalue weighted by Crippen LogP contribution is -2.53. The van der Waals surface area contributed by atoms with Crippen LogP contribution in [-0.2, 0) is 26.0 Å². The van der Waals surface area contributed by atoms with E-state index in [9.17, 15) is 18.0 Å². The highest BCUT2D eigenvalue weighted by Gasteiger charge is 2.32. The van der Waals surface area contributed by atoms with Crippen molar-refractivity contribution in [3.05, 3.63) is 23.8 Å². The summed E-state index contributed by atoms with van der Waals surface area (Å²) in [6.07, 6.45) is 5.30. The average molecular weight is 450 g/mol. The van der Waals surface area contributed by atoms with Crippen LogP contribution in [0.5, 0.6) is 0 Å². The SMILES string of the molecule is CCC(=O)N1CCc2cc(S(=O)(=O)N[C@H](C(=O)N[C@H]3CCCC[C@@H]3C)C(C)C)ccc21. The number of nitrogens with one attached hydrogen (secondary N) is 2. The Kier molecular flexibility index (Phi) is 7.42. The van der Waals surface area contributed by atoms with Gasteiger partial charge in [-0.3, -0.25) is 9.59 Å². The van der Waals surface area contributed by atoms with Gasteiger partial charge in [0, 0.05) is 24.7 Å². The van der Waals surface area contributed by atoms with Crippen LogP contribution in [0.3, 0.4) is 0 Å². The summed E-state index contributed by atoms with van der Waals surface area (Å²) in [7, 11) is -3.88. The average Bonchev–Trinajstić information content (AvgIpc) is 3.16. The fourth-order valence-corrected chi connectivity index (χ4v) is 5.92. The van der Waals surface area contributed by atoms with Crippen molar-refractivity contribution in [1.29, 1.82) is 0 Å². The van der Waals surface area contributed by atoms with E-state index in [0.29, 0.717) is 25.3 Å². The van der Waals surface area contributed by atoms with Crippen molar-refractivity contribution in [2.75, 3.05) is 11.4 Å². The Morgan fingerprint density at radius 3 is 2.55 bits per heavy atom. The second-order valence-electron chi connectivity index (χ2n) is 9.16. The Labute approximate surface area is 186 Å². The van der Waals surface area contributed by atoms with E-state index in [0.717, 1.165) is 30.5 Å². The zero-order valence-electron chi connectivity index (χ0n) is 19.0. The summed E-state index contributed by atoms with van der Waals surface area (Å²) in [5.74, 6) is -0.0347. The number of carbonyl (C=O) groups is 2. The number of anilines is 1. The molecule has 3 rings (SSSR count). The molecule has 2 amide bonds. The Bertz CT molecular complexity index is 929. The zero-order chi connectivity index (χ0) is 22.8. The van der Waals surface area contributed by atoms with E-state index >= 15 is 0 Å². The Balaban J connectivity index is 1.76. The predicted octanol–water partition coefficient (Wildman–Crippen LogP) is 2.98. The van der Waals surface area contributed by atoms with Gasteiger partial charge < -0.3 is 10.2 Å². The van der Waals surface area contributed by atoms with Crippen LogP contribution in [0.25, 0.3) is 0 Å². The molecule has 7 nitrogen and oxygen atoms in total. The van der Waals surface area contributed by atoms with Crippen LogP contribution in [0.4, 0.5) is 5.69 Å². The third-order valence-electron chi connectivity index (χ3n) is 6.53. The number of carbonyl (C=O) groups excluding carboxylic acids is 2. The quantitative estimate of drug-likeness (QED) is 0.669. The van der Waals surface area contributed by atoms with Gasteiger partial charge >= 0.3 is 0 Å². The van der Waals surface area contributed by atoms with Gasteiger partial charge in [0.05, 0.1) is 4.90 Å². The second-order valence-corrected chi connectivity index (χ2v) is 10.9. The molecule has 1 fully saturated rings. The molecule has 2 N–H and O–H groups in total. The minimum absolute atomic E-state index is 0.0287. The molecule has 1 saturated carbocycles. The molecule has 2 aliphatic rings. The number of rotatable bonds is 7. The molecule has 1 aliphatic heterocycles. The van der Waals surface area contributed by atoms with Crippen molar-refractivity contribution in [1.82, 2.24) is 10.0 Å². The lowest BCUT2D eigenvalue weighted by Gasteiger charge is -2.32. The summed E-state index contributed by atoms with van der Waals surface area (Å²) < 4.78 is 28.8. The van der Waals surface area contributed by atoms with Crippen molar-refractivity contribution < 1.29 is 18.0 Å². The maximum Gasteiger partial charge on any atom is 0.241 e. The smallest absolute Gasteiger partial charge is 0.241 e. The molecule has 31 heavy (non-hydrogen) atoms. The zero-order valence-corrected chi connectivity index (χ0v) is 19.8. The van der Waals surface area contributed by atoms with Crippen molar-refractivity contribution in [2.45, 2.75) is 83.2 Å². The van der Waals surface area contributed by atoms with E-state index in [1.807, 2.05) is 20.8 Å². The van der Waals surface area contributed by atoms with Gasteiger partial charge in [-0.15, -0.1) is 0 Å². The molecule has 0 radical (unpaired) electrons. The summed E-state index contributed by atoms with van der Waals surface area (Å²) in [6, 6.07) is 4.08. The first-order chi connectivity index (χ1) is 14.6. The van der Waals surface area contributed by atoms with E-state index in [4.69, 9.17) is 0 Å². The second kappa shape index (κ2) is 9.69. The maximum absolute atomic E-state index is 13.1. The predicted molar refractivity (Wildman–Crippen MR) is 121 cm³/mol. The summed E-state index contributed by atoms with van der Waals surface area (Å²) >= 11 is 0. The van der Waals surface area contributed by atoms with Crippen molar-refractivity contribution in [3.63, 3.8) is 0 Å². The molecule has 0 unspecified atom stereocenters. The number of nitrogens with zero attached hydrogens (tertiary/aromatic N) is 1. The molecular weight excluding hydrogens is 414 g/mol. The van der Waals surface area contributed by atoms with Crippen LogP contribution in [-0.4, -0.2) is 38.9 Å². The van der Waals surface area contributed by atoms with Gasteiger partial charge in [-0.05, 0) is 54.9 Å². The molecule has 1 aromatic rings. The molecule has 1 aromatic carbocycles. The third kappa shape index (κ3) is 5.29. The number of benzene rings is 1. The van der Waals surface area contributed by atoms with Crippen LogP contribution < -0.4 is 14.9 Å². The molecule has 1 heterocycles. The Hall–Kier alpha value is -1.93. The van der Waals surface area contributed by atoms with Crippen LogP contribution in [0, 0.1) is 11.8 Å². The van der Waals surface area contributed by atoms with Crippen LogP contribution in [0.15, 0.2) is 23.1 Å². The highest BCUT2D eigenvalue weighted by Crippen LogP contribution is 2.31. The summed E-state index contributed by atoms with van der Waals surface area (Å²) in [4.78, 5) is 26.9. The molecule has 172 valence electrons. The lowest BCUT2D eigenvalue weighted by molar-refractivity contribution is -0.125. The Morgan fingerprint density at radius 2 is 1.90 bits per heavy atom. The van der Waals surface area contributed by atoms with E-state index in [2.05, 4.69) is 17.0 Å². The summed E-state index contributed by atoms with van der Waals surface area (Å²) in [5.41, 5.74) is 1.61. The lowest BCUT2D eigenvalue weighted by atomic mass is 9.85. The first-order valence-electron chi connectivity index (χ1n) is 11.4. The number of hydrogen-bond acceptors (Lipinski definition) is 4. The third-order valence-corrected chi connectivity index (χ3v) is 7.97. The number of sulfonamides is 1. The molecule has 8 heteroatoms. The number of amides is 2. The maximum atomic E-state index is 13.1. The normalized spacial score (nSPS) is 22.3. The number of fused-ring (bicyclic) bond motifs is 1. The highest BCUT2D eigenvalue weighted by atomic mass is 32.2. The van der Waals surface area contributed by atoms with Crippen molar-refractivity contribution in [3.8, 4) is 0 Å². The topological polar surface area (TPSA) is 95.6 Å². The van der Waals surface area contributed by atoms with E-state index < -0.39 is 16.1 Å². The standard InChI is InChI=1S/C23H35N3O4S/c1-5-21(27)26-13-12-17-14-18(10-11-20(17)26)31(29,30)25-22(15(2)3)23(28)24-19-9-7-6-8-16(19)4/h10-11,14-16,19,22,25H,5-9,12-13H2,1-4H3,(H,24,28)/t16-,19-,22-/m0/s1. The molecule has 0 bridgehead atoms. The summed E-state index contributed by atoms with van der Waals surface area (Å²) in [6.45, 7) is 8.20. The molecule has 0 aromatic heterocycles. The first kappa shape index (κ1) is 23.7. The Morgan fingerprint density at radius 1 is 1.19 bits per heavy atom. The fraction of sp³-hybridized carbons (Fsp3) is 0.652. The fourth-order valence-electron chi connectivity index (χ4n) is 4.53. The molecule has 0 saturated heterocycles. The van der Waals surface area contributed by atoms with Gasteiger partial charge in [0.2, 0.25) is 21.8 Å². The van der Waals surface area contributed by atoms with Crippen LogP contribution >= 0.6 is 0 Å². The van der Waals surface area contributed by atoms with Crippen molar-refractivity contribution >= 4 is 27.5 Å². The molecule has 1 aliphatic carbocycles. The molecular formula is C23H35N3O4S. The van der Waals surface area contributed by atoms with E-state index in [1.54, 1.807) is 17.0 Å². The van der Waals surface area contributed by atoms with Crippen LogP contribution in [0.2, 0.25) is 0 Å². The number of hydrogen-bond donors (Lipinski definition) is 2. The largest absolute Gasteiger partial charge is 0.352 e. The molecule has 3 atom stereocenters. The van der Waals surface area contributed by atoms with Gasteiger partial charge in [-0.25, -0.2) is 8.42 Å². The van der Waals surface area contributed by atoms with Crippen LogP contribution in [0.1, 0.15) is 65.4 Å². The monoisotopic (exact) mass is 449 g/mol. The van der Waals surface area contributed by atoms with E-state index in [-0.39, 0.29) is 28.7 Å². The first-order valence-corrected chi connectivity index (χ1v) is 12.9. The molecule has 0 spiro atoms. The minimum Gasteiger partial charge on any atom is -0.352 e. The van der Waals surface area contributed by atoms with Gasteiger partial charge in [-0.1, -0.05) is 40.5 Å². The summed E-state index contributed by atoms with van der Waals surface area (Å²) in [5, 5.41) is 3.08. The van der Waals surface area contributed by atoms with Gasteiger partial charge in [0.25, 0.3) is 0 Å². The minimum atomic E-state index is -3.88.